The fraction of sp³-hybridized carbons (Fsp3) is 0.300. The van der Waals surface area contributed by atoms with Gasteiger partial charge in [0, 0.05) is 10.9 Å². The SMILES string of the molecule is O=C(Nc1ccc(Cl)cc1Cl)c1ccccc1NC(=O)C1CCCCC1. The van der Waals surface area contributed by atoms with Crippen LogP contribution in [0.25, 0.3) is 0 Å². The number of rotatable bonds is 4. The average Bonchev–Trinajstić information content (AvgIpc) is 2.65. The van der Waals surface area contributed by atoms with Crippen molar-refractivity contribution < 1.29 is 9.59 Å². The minimum absolute atomic E-state index is 0.0190. The van der Waals surface area contributed by atoms with Crippen molar-refractivity contribution in [1.29, 1.82) is 0 Å². The highest BCUT2D eigenvalue weighted by Gasteiger charge is 2.22. The highest BCUT2D eigenvalue weighted by atomic mass is 35.5. The molecule has 1 saturated carbocycles. The largest absolute Gasteiger partial charge is 0.325 e. The fourth-order valence-electron chi connectivity index (χ4n) is 3.17. The molecule has 2 amide bonds. The van der Waals surface area contributed by atoms with Gasteiger partial charge in [0.05, 0.1) is 22.0 Å². The van der Waals surface area contributed by atoms with Gasteiger partial charge in [0.2, 0.25) is 5.91 Å². The lowest BCUT2D eigenvalue weighted by molar-refractivity contribution is -0.120. The van der Waals surface area contributed by atoms with Gasteiger partial charge in [-0.05, 0) is 43.2 Å². The minimum Gasteiger partial charge on any atom is -0.325 e. The average molecular weight is 391 g/mol. The molecule has 0 unspecified atom stereocenters. The molecule has 0 spiro atoms. The quantitative estimate of drug-likeness (QED) is 0.696. The molecule has 0 radical (unpaired) electrons. The van der Waals surface area contributed by atoms with E-state index in [2.05, 4.69) is 10.6 Å². The molecule has 0 aliphatic heterocycles. The van der Waals surface area contributed by atoms with Gasteiger partial charge in [0.1, 0.15) is 0 Å². The molecule has 136 valence electrons. The van der Waals surface area contributed by atoms with E-state index in [0.717, 1.165) is 25.7 Å². The molecule has 0 heterocycles. The number of amides is 2. The molecule has 26 heavy (non-hydrogen) atoms. The van der Waals surface area contributed by atoms with E-state index >= 15 is 0 Å². The summed E-state index contributed by atoms with van der Waals surface area (Å²) in [6, 6.07) is 11.8. The van der Waals surface area contributed by atoms with Gasteiger partial charge >= 0.3 is 0 Å². The Morgan fingerprint density at radius 3 is 2.35 bits per heavy atom. The van der Waals surface area contributed by atoms with Crippen LogP contribution in [0.2, 0.25) is 10.0 Å². The number of carbonyl (C=O) groups excluding carboxylic acids is 2. The zero-order valence-electron chi connectivity index (χ0n) is 14.2. The van der Waals surface area contributed by atoms with Crippen LogP contribution in [0.5, 0.6) is 0 Å². The Bertz CT molecular complexity index is 817. The van der Waals surface area contributed by atoms with E-state index < -0.39 is 0 Å². The molecular weight excluding hydrogens is 371 g/mol. The van der Waals surface area contributed by atoms with Gasteiger partial charge < -0.3 is 10.6 Å². The van der Waals surface area contributed by atoms with E-state index in [-0.39, 0.29) is 17.7 Å². The zero-order valence-corrected chi connectivity index (χ0v) is 15.7. The molecule has 0 atom stereocenters. The zero-order chi connectivity index (χ0) is 18.5. The summed E-state index contributed by atoms with van der Waals surface area (Å²) < 4.78 is 0. The van der Waals surface area contributed by atoms with Crippen LogP contribution in [0.4, 0.5) is 11.4 Å². The molecule has 3 rings (SSSR count). The Morgan fingerprint density at radius 2 is 1.62 bits per heavy atom. The van der Waals surface area contributed by atoms with E-state index in [9.17, 15) is 9.59 Å². The second-order valence-electron chi connectivity index (χ2n) is 6.45. The van der Waals surface area contributed by atoms with Crippen LogP contribution in [0, 0.1) is 5.92 Å². The summed E-state index contributed by atoms with van der Waals surface area (Å²) in [5, 5.41) is 6.53. The molecular formula is C20H20Cl2N2O2. The Labute approximate surface area is 162 Å². The summed E-state index contributed by atoms with van der Waals surface area (Å²) in [4.78, 5) is 25.2. The number of nitrogens with one attached hydrogen (secondary N) is 2. The smallest absolute Gasteiger partial charge is 0.257 e. The predicted molar refractivity (Wildman–Crippen MR) is 106 cm³/mol. The lowest BCUT2D eigenvalue weighted by Crippen LogP contribution is -2.26. The number of benzene rings is 2. The van der Waals surface area contributed by atoms with Crippen molar-refractivity contribution in [3.05, 3.63) is 58.1 Å². The maximum atomic E-state index is 12.7. The van der Waals surface area contributed by atoms with Crippen LogP contribution in [0.15, 0.2) is 42.5 Å². The van der Waals surface area contributed by atoms with Crippen LogP contribution in [-0.2, 0) is 4.79 Å². The normalized spacial score (nSPS) is 14.7. The predicted octanol–water partition coefficient (Wildman–Crippen LogP) is 5.76. The van der Waals surface area contributed by atoms with Gasteiger partial charge in [0.25, 0.3) is 5.91 Å². The van der Waals surface area contributed by atoms with E-state index in [0.29, 0.717) is 27.0 Å². The third-order valence-corrected chi connectivity index (χ3v) is 5.13. The third-order valence-electron chi connectivity index (χ3n) is 4.58. The minimum atomic E-state index is -0.339. The van der Waals surface area contributed by atoms with Gasteiger partial charge in [-0.3, -0.25) is 9.59 Å². The lowest BCUT2D eigenvalue weighted by atomic mass is 9.88. The first-order chi connectivity index (χ1) is 12.5. The van der Waals surface area contributed by atoms with Crippen molar-refractivity contribution in [2.24, 2.45) is 5.92 Å². The Morgan fingerprint density at radius 1 is 0.885 bits per heavy atom. The monoisotopic (exact) mass is 390 g/mol. The number of carbonyl (C=O) groups is 2. The second kappa shape index (κ2) is 8.56. The fourth-order valence-corrected chi connectivity index (χ4v) is 3.63. The summed E-state index contributed by atoms with van der Waals surface area (Å²) in [5.41, 5.74) is 1.36. The molecule has 1 aliphatic carbocycles. The van der Waals surface area contributed by atoms with Crippen LogP contribution in [-0.4, -0.2) is 11.8 Å². The summed E-state index contributed by atoms with van der Waals surface area (Å²) in [6.45, 7) is 0. The number of para-hydroxylation sites is 1. The first-order valence-electron chi connectivity index (χ1n) is 8.71. The number of hydrogen-bond acceptors (Lipinski definition) is 2. The van der Waals surface area contributed by atoms with Crippen molar-refractivity contribution in [3.8, 4) is 0 Å². The van der Waals surface area contributed by atoms with Crippen LogP contribution < -0.4 is 10.6 Å². The standard InChI is InChI=1S/C20H20Cl2N2O2/c21-14-10-11-18(16(22)12-14)24-20(26)15-8-4-5-9-17(15)23-19(25)13-6-2-1-3-7-13/h4-5,8-13H,1-3,6-7H2,(H,23,25)(H,24,26). The summed E-state index contributed by atoms with van der Waals surface area (Å²) >= 11 is 12.0. The van der Waals surface area contributed by atoms with Gasteiger partial charge in [-0.15, -0.1) is 0 Å². The van der Waals surface area contributed by atoms with Crippen molar-refractivity contribution in [2.75, 3.05) is 10.6 Å². The second-order valence-corrected chi connectivity index (χ2v) is 7.29. The van der Waals surface area contributed by atoms with Crippen LogP contribution in [0.3, 0.4) is 0 Å². The Balaban J connectivity index is 1.75. The molecule has 0 saturated heterocycles. The molecule has 2 aromatic rings. The van der Waals surface area contributed by atoms with Crippen molar-refractivity contribution in [1.82, 2.24) is 0 Å². The Hall–Kier alpha value is -2.04. The molecule has 1 fully saturated rings. The lowest BCUT2D eigenvalue weighted by Gasteiger charge is -2.21. The number of halogens is 2. The molecule has 0 aromatic heterocycles. The summed E-state index contributed by atoms with van der Waals surface area (Å²) in [6.07, 6.45) is 5.15. The van der Waals surface area contributed by atoms with Gasteiger partial charge in [-0.2, -0.15) is 0 Å². The van der Waals surface area contributed by atoms with Crippen LogP contribution >= 0.6 is 23.2 Å². The van der Waals surface area contributed by atoms with Gasteiger partial charge in [-0.25, -0.2) is 0 Å². The van der Waals surface area contributed by atoms with E-state index in [1.54, 1.807) is 42.5 Å². The maximum Gasteiger partial charge on any atom is 0.257 e. The topological polar surface area (TPSA) is 58.2 Å². The van der Waals surface area contributed by atoms with Crippen LogP contribution in [0.1, 0.15) is 42.5 Å². The van der Waals surface area contributed by atoms with E-state index in [1.807, 2.05) is 0 Å². The summed E-state index contributed by atoms with van der Waals surface area (Å²) in [5.74, 6) is -0.339. The first-order valence-corrected chi connectivity index (χ1v) is 9.46. The molecule has 0 bridgehead atoms. The van der Waals surface area contributed by atoms with Crippen molar-refractivity contribution in [3.63, 3.8) is 0 Å². The number of hydrogen-bond donors (Lipinski definition) is 2. The molecule has 4 nitrogen and oxygen atoms in total. The van der Waals surface area contributed by atoms with Crippen molar-refractivity contribution >= 4 is 46.4 Å². The third kappa shape index (κ3) is 4.57. The Kier molecular flexibility index (Phi) is 6.17. The van der Waals surface area contributed by atoms with E-state index in [1.165, 1.54) is 6.42 Å². The highest BCUT2D eigenvalue weighted by Crippen LogP contribution is 2.28. The molecule has 2 aromatic carbocycles. The molecule has 2 N–H and O–H groups in total. The maximum absolute atomic E-state index is 12.7. The van der Waals surface area contributed by atoms with Gasteiger partial charge in [0.15, 0.2) is 0 Å². The van der Waals surface area contributed by atoms with Gasteiger partial charge in [-0.1, -0.05) is 54.6 Å². The highest BCUT2D eigenvalue weighted by molar-refractivity contribution is 6.36. The molecule has 6 heteroatoms. The number of anilines is 2. The summed E-state index contributed by atoms with van der Waals surface area (Å²) in [7, 11) is 0. The van der Waals surface area contributed by atoms with E-state index in [4.69, 9.17) is 23.2 Å². The molecule has 1 aliphatic rings. The van der Waals surface area contributed by atoms with Crippen molar-refractivity contribution in [2.45, 2.75) is 32.1 Å². The first kappa shape index (κ1) is 18.7.